The van der Waals surface area contributed by atoms with Crippen molar-refractivity contribution in [3.05, 3.63) is 47.2 Å². The van der Waals surface area contributed by atoms with E-state index in [2.05, 4.69) is 12.6 Å². The van der Waals surface area contributed by atoms with Gasteiger partial charge in [0.1, 0.15) is 6.07 Å². The Balaban J connectivity index is 3.47. The molecule has 1 N–H and O–H groups in total. The number of carboxylic acids is 1. The maximum absolute atomic E-state index is 13.8. The van der Waals surface area contributed by atoms with E-state index in [4.69, 9.17) is 9.05 Å². The van der Waals surface area contributed by atoms with Crippen molar-refractivity contribution in [1.29, 1.82) is 5.26 Å². The third-order valence-electron chi connectivity index (χ3n) is 4.05. The highest BCUT2D eigenvalue weighted by Crippen LogP contribution is 2.55. The highest BCUT2D eigenvalue weighted by molar-refractivity contribution is 7.80. The lowest BCUT2D eigenvalue weighted by atomic mass is 10.2. The van der Waals surface area contributed by atoms with Gasteiger partial charge in [0.05, 0.1) is 25.5 Å². The largest absolute Gasteiger partial charge is 0.477 e. The molecule has 0 aliphatic heterocycles. The number of rotatable bonds is 14. The zero-order valence-corrected chi connectivity index (χ0v) is 18.7. The number of nitrogens with zero attached hydrogens (tertiary/aromatic N) is 2. The summed E-state index contributed by atoms with van der Waals surface area (Å²) in [4.78, 5) is 11.6. The average Bonchev–Trinajstić information content (AvgIpc) is 2.71. The van der Waals surface area contributed by atoms with Crippen molar-refractivity contribution in [2.24, 2.45) is 0 Å². The van der Waals surface area contributed by atoms with Gasteiger partial charge in [-0.15, -0.1) is 0 Å². The zero-order chi connectivity index (χ0) is 21.7. The van der Waals surface area contributed by atoms with Crippen molar-refractivity contribution >= 4 is 26.3 Å². The quantitative estimate of drug-likeness (QED) is 0.138. The number of hydrogen-bond acceptors (Lipinski definition) is 6. The number of thiol groups is 1. The summed E-state index contributed by atoms with van der Waals surface area (Å²) in [5.74, 6) is -1.52. The monoisotopic (exact) mass is 440 g/mol. The van der Waals surface area contributed by atoms with E-state index in [0.29, 0.717) is 12.8 Å². The first kappa shape index (κ1) is 25.3. The Morgan fingerprint density at radius 1 is 1.17 bits per heavy atom. The fourth-order valence-electron chi connectivity index (χ4n) is 2.44. The van der Waals surface area contributed by atoms with Gasteiger partial charge in [-0.05, 0) is 18.4 Å². The van der Waals surface area contributed by atoms with Crippen molar-refractivity contribution in [2.45, 2.75) is 46.1 Å². The SMILES string of the molecule is CCCCOP(=O)(OCCCC)N(Cc1ccccc1)/C(CS)=C(\C#N)C(=O)O. The Morgan fingerprint density at radius 3 is 2.14 bits per heavy atom. The van der Waals surface area contributed by atoms with E-state index in [-0.39, 0.29) is 31.2 Å². The van der Waals surface area contributed by atoms with Gasteiger partial charge in [0, 0.05) is 5.75 Å². The molecule has 0 saturated carbocycles. The number of aliphatic carboxylic acids is 1. The Labute approximate surface area is 178 Å². The molecule has 160 valence electrons. The minimum Gasteiger partial charge on any atom is -0.477 e. The predicted molar refractivity (Wildman–Crippen MR) is 115 cm³/mol. The summed E-state index contributed by atoms with van der Waals surface area (Å²) in [6.45, 7) is 4.40. The summed E-state index contributed by atoms with van der Waals surface area (Å²) in [5.41, 5.74) is 0.241. The van der Waals surface area contributed by atoms with Crippen LogP contribution in [0.1, 0.15) is 45.1 Å². The summed E-state index contributed by atoms with van der Waals surface area (Å²) >= 11 is 4.21. The highest BCUT2D eigenvalue weighted by atomic mass is 32.1. The third-order valence-corrected chi connectivity index (χ3v) is 6.34. The summed E-state index contributed by atoms with van der Waals surface area (Å²) in [7, 11) is -3.92. The second-order valence-corrected chi connectivity index (χ2v) is 8.53. The van der Waals surface area contributed by atoms with E-state index < -0.39 is 19.3 Å². The van der Waals surface area contributed by atoms with Crippen molar-refractivity contribution in [1.82, 2.24) is 4.67 Å². The van der Waals surface area contributed by atoms with Crippen LogP contribution in [0.25, 0.3) is 0 Å². The summed E-state index contributed by atoms with van der Waals surface area (Å²) in [5, 5.41) is 18.9. The van der Waals surface area contributed by atoms with Gasteiger partial charge in [-0.25, -0.2) is 9.36 Å². The molecule has 29 heavy (non-hydrogen) atoms. The van der Waals surface area contributed by atoms with Gasteiger partial charge in [0.2, 0.25) is 0 Å². The van der Waals surface area contributed by atoms with Crippen LogP contribution >= 0.6 is 20.4 Å². The van der Waals surface area contributed by atoms with Crippen molar-refractivity contribution < 1.29 is 23.5 Å². The van der Waals surface area contributed by atoms with Gasteiger partial charge in [0.15, 0.2) is 5.57 Å². The van der Waals surface area contributed by atoms with Gasteiger partial charge in [-0.1, -0.05) is 57.0 Å². The molecule has 1 aromatic rings. The van der Waals surface area contributed by atoms with Gasteiger partial charge in [-0.3, -0.25) is 13.7 Å². The second kappa shape index (κ2) is 13.4. The van der Waals surface area contributed by atoms with E-state index in [1.807, 2.05) is 44.2 Å². The number of nitriles is 1. The summed E-state index contributed by atoms with van der Waals surface area (Å²) in [6.07, 6.45) is 3.01. The van der Waals surface area contributed by atoms with E-state index in [9.17, 15) is 19.7 Å². The van der Waals surface area contributed by atoms with Crippen LogP contribution in [-0.4, -0.2) is 34.7 Å². The lowest BCUT2D eigenvalue weighted by Crippen LogP contribution is -2.26. The van der Waals surface area contributed by atoms with Crippen LogP contribution in [0.4, 0.5) is 0 Å². The number of unbranched alkanes of at least 4 members (excludes halogenated alkanes) is 2. The minimum atomic E-state index is -3.92. The molecule has 0 heterocycles. The van der Waals surface area contributed by atoms with Crippen LogP contribution in [-0.2, 0) is 25.0 Å². The standard InChI is InChI=1S/C20H29N2O5PS/c1-3-5-12-26-28(25,27-13-6-4-2)22(15-17-10-8-7-9-11-17)19(16-29)18(14-21)20(23)24/h7-11,29H,3-6,12-13,15-16H2,1-2H3,(H,23,24)/b19-18+. The molecule has 0 saturated heterocycles. The number of carbonyl (C=O) groups is 1. The Morgan fingerprint density at radius 2 is 1.72 bits per heavy atom. The van der Waals surface area contributed by atoms with Gasteiger partial charge < -0.3 is 5.11 Å². The van der Waals surface area contributed by atoms with Crippen LogP contribution in [0.15, 0.2) is 41.6 Å². The molecule has 0 aromatic heterocycles. The van der Waals surface area contributed by atoms with E-state index >= 15 is 0 Å². The normalized spacial score (nSPS) is 12.2. The van der Waals surface area contributed by atoms with E-state index in [1.165, 1.54) is 4.67 Å². The molecule has 7 nitrogen and oxygen atoms in total. The topological polar surface area (TPSA) is 99.9 Å². The van der Waals surface area contributed by atoms with Gasteiger partial charge in [0.25, 0.3) is 0 Å². The molecule has 0 atom stereocenters. The molecule has 0 aliphatic rings. The lowest BCUT2D eigenvalue weighted by molar-refractivity contribution is -0.132. The molecule has 0 spiro atoms. The smallest absolute Gasteiger partial charge is 0.435 e. The van der Waals surface area contributed by atoms with Crippen LogP contribution in [0, 0.1) is 11.3 Å². The van der Waals surface area contributed by atoms with E-state index in [1.54, 1.807) is 6.07 Å². The predicted octanol–water partition coefficient (Wildman–Crippen LogP) is 5.02. The zero-order valence-electron chi connectivity index (χ0n) is 16.9. The molecule has 0 amide bonds. The molecular formula is C20H29N2O5PS. The van der Waals surface area contributed by atoms with Crippen LogP contribution in [0.3, 0.4) is 0 Å². The van der Waals surface area contributed by atoms with Crippen molar-refractivity contribution in [3.63, 3.8) is 0 Å². The molecule has 1 aromatic carbocycles. The maximum atomic E-state index is 13.8. The fraction of sp³-hybridized carbons (Fsp3) is 0.500. The summed E-state index contributed by atoms with van der Waals surface area (Å²) < 4.78 is 26.5. The molecule has 0 bridgehead atoms. The Bertz CT molecular complexity index is 750. The summed E-state index contributed by atoms with van der Waals surface area (Å²) in [6, 6.07) is 10.8. The first-order valence-corrected chi connectivity index (χ1v) is 11.7. The van der Waals surface area contributed by atoms with Crippen LogP contribution < -0.4 is 0 Å². The molecule has 0 fully saturated rings. The lowest BCUT2D eigenvalue weighted by Gasteiger charge is -2.33. The van der Waals surface area contributed by atoms with Crippen molar-refractivity contribution in [3.8, 4) is 6.07 Å². The number of hydrogen-bond donors (Lipinski definition) is 2. The van der Waals surface area contributed by atoms with Crippen molar-refractivity contribution in [2.75, 3.05) is 19.0 Å². The second-order valence-electron chi connectivity index (χ2n) is 6.28. The van der Waals surface area contributed by atoms with Crippen LogP contribution in [0.2, 0.25) is 0 Å². The molecule has 1 rings (SSSR count). The molecule has 0 radical (unpaired) electrons. The van der Waals surface area contributed by atoms with Gasteiger partial charge in [-0.2, -0.15) is 17.9 Å². The fourth-order valence-corrected chi connectivity index (χ4v) is 4.75. The highest BCUT2D eigenvalue weighted by Gasteiger charge is 2.37. The molecule has 9 heteroatoms. The van der Waals surface area contributed by atoms with E-state index in [0.717, 1.165) is 18.4 Å². The van der Waals surface area contributed by atoms with Crippen LogP contribution in [0.5, 0.6) is 0 Å². The third kappa shape index (κ3) is 7.87. The maximum Gasteiger partial charge on any atom is 0.435 e. The first-order valence-electron chi connectivity index (χ1n) is 9.61. The molecule has 0 unspecified atom stereocenters. The Hall–Kier alpha value is -1.78. The minimum absolute atomic E-state index is 0.00326. The first-order chi connectivity index (χ1) is 13.9. The Kier molecular flexibility index (Phi) is 11.7. The molecular weight excluding hydrogens is 411 g/mol. The number of benzene rings is 1. The molecule has 0 aliphatic carbocycles. The van der Waals surface area contributed by atoms with Gasteiger partial charge >= 0.3 is 13.7 Å². The average molecular weight is 441 g/mol. The number of carboxylic acid groups (broad SMARTS) is 1.